The van der Waals surface area contributed by atoms with Crippen molar-refractivity contribution in [1.29, 1.82) is 0 Å². The number of aromatic nitrogens is 2. The molecule has 124 valence electrons. The van der Waals surface area contributed by atoms with Gasteiger partial charge >= 0.3 is 6.18 Å². The van der Waals surface area contributed by atoms with Crippen LogP contribution in [0.1, 0.15) is 35.8 Å². The Labute approximate surface area is 127 Å². The Balaban J connectivity index is 1.90. The third kappa shape index (κ3) is 4.22. The molecule has 1 saturated heterocycles. The van der Waals surface area contributed by atoms with Gasteiger partial charge in [-0.25, -0.2) is 0 Å². The number of hydrogen-bond donors (Lipinski definition) is 1. The van der Waals surface area contributed by atoms with Crippen molar-refractivity contribution in [3.63, 3.8) is 0 Å². The molecule has 1 aromatic rings. The first-order chi connectivity index (χ1) is 10.3. The highest BCUT2D eigenvalue weighted by atomic mass is 19.4. The van der Waals surface area contributed by atoms with Gasteiger partial charge in [-0.15, -0.1) is 0 Å². The zero-order chi connectivity index (χ0) is 16.3. The third-order valence-electron chi connectivity index (χ3n) is 3.80. The molecule has 5 nitrogen and oxygen atoms in total. The van der Waals surface area contributed by atoms with Gasteiger partial charge < -0.3 is 10.2 Å². The molecule has 22 heavy (non-hydrogen) atoms. The minimum absolute atomic E-state index is 0.331. The summed E-state index contributed by atoms with van der Waals surface area (Å²) in [4.78, 5) is 14.2. The van der Waals surface area contributed by atoms with E-state index in [4.69, 9.17) is 0 Å². The van der Waals surface area contributed by atoms with Crippen LogP contribution in [0, 0.1) is 5.92 Å². The van der Waals surface area contributed by atoms with Crippen LogP contribution in [0.15, 0.2) is 6.20 Å². The van der Waals surface area contributed by atoms with Gasteiger partial charge in [-0.3, -0.25) is 9.48 Å². The topological polar surface area (TPSA) is 50.2 Å². The maximum absolute atomic E-state index is 12.8. The maximum atomic E-state index is 12.8. The molecule has 0 unspecified atom stereocenters. The highest BCUT2D eigenvalue weighted by Crippen LogP contribution is 2.30. The minimum atomic E-state index is -4.63. The fraction of sp³-hybridized carbons (Fsp3) is 0.714. The van der Waals surface area contributed by atoms with Gasteiger partial charge in [-0.2, -0.15) is 18.3 Å². The van der Waals surface area contributed by atoms with Crippen molar-refractivity contribution in [2.45, 2.75) is 25.9 Å². The van der Waals surface area contributed by atoms with E-state index in [0.717, 1.165) is 30.4 Å². The van der Waals surface area contributed by atoms with Crippen molar-refractivity contribution in [2.24, 2.45) is 13.0 Å². The lowest BCUT2D eigenvalue weighted by Crippen LogP contribution is -2.40. The van der Waals surface area contributed by atoms with E-state index in [9.17, 15) is 18.0 Å². The molecule has 8 heteroatoms. The second-order valence-corrected chi connectivity index (χ2v) is 5.87. The average molecular weight is 318 g/mol. The Hall–Kier alpha value is -1.57. The summed E-state index contributed by atoms with van der Waals surface area (Å²) in [5, 5.41) is 5.88. The van der Waals surface area contributed by atoms with Gasteiger partial charge in [-0.05, 0) is 25.3 Å². The van der Waals surface area contributed by atoms with E-state index in [2.05, 4.69) is 22.2 Å². The summed E-state index contributed by atoms with van der Waals surface area (Å²) >= 11 is 0. The van der Waals surface area contributed by atoms with E-state index in [1.807, 2.05) is 0 Å². The van der Waals surface area contributed by atoms with Crippen molar-refractivity contribution in [1.82, 2.24) is 20.0 Å². The first kappa shape index (κ1) is 16.8. The summed E-state index contributed by atoms with van der Waals surface area (Å²) in [7, 11) is 1.36. The predicted octanol–water partition coefficient (Wildman–Crippen LogP) is 1.90. The summed E-state index contributed by atoms with van der Waals surface area (Å²) in [6, 6.07) is 0. The molecule has 0 spiro atoms. The quantitative estimate of drug-likeness (QED) is 0.922. The van der Waals surface area contributed by atoms with Crippen molar-refractivity contribution >= 4 is 5.91 Å². The largest absolute Gasteiger partial charge is 0.435 e. The van der Waals surface area contributed by atoms with Gasteiger partial charge in [-0.1, -0.05) is 6.92 Å². The molecular formula is C14H21F3N4O. The number of alkyl halides is 3. The van der Waals surface area contributed by atoms with E-state index in [1.54, 1.807) is 0 Å². The number of hydrogen-bond acceptors (Lipinski definition) is 3. The molecular weight excluding hydrogens is 297 g/mol. The number of halogens is 3. The second-order valence-electron chi connectivity index (χ2n) is 5.87. The standard InChI is InChI=1S/C14H21F3N4O/c1-10-4-3-6-21(8-10)7-5-18-13(22)11-9-20(2)19-12(11)14(15,16)17/h9-10H,3-8H2,1-2H3,(H,18,22)/t10-/m0/s1. The lowest BCUT2D eigenvalue weighted by molar-refractivity contribution is -0.141. The molecule has 1 aliphatic heterocycles. The molecule has 1 atom stereocenters. The molecule has 0 bridgehead atoms. The number of nitrogens with zero attached hydrogens (tertiary/aromatic N) is 3. The molecule has 1 N–H and O–H groups in total. The second kappa shape index (κ2) is 6.68. The fourth-order valence-corrected chi connectivity index (χ4v) is 2.78. The number of rotatable bonds is 4. The van der Waals surface area contributed by atoms with Crippen LogP contribution in [0.3, 0.4) is 0 Å². The Kier molecular flexibility index (Phi) is 5.10. The zero-order valence-electron chi connectivity index (χ0n) is 12.8. The lowest BCUT2D eigenvalue weighted by Gasteiger charge is -2.30. The van der Waals surface area contributed by atoms with Crippen LogP contribution >= 0.6 is 0 Å². The summed E-state index contributed by atoms with van der Waals surface area (Å²) in [5.41, 5.74) is -1.57. The van der Waals surface area contributed by atoms with Gasteiger partial charge in [0.25, 0.3) is 5.91 Å². The molecule has 0 saturated carbocycles. The van der Waals surface area contributed by atoms with E-state index < -0.39 is 23.3 Å². The van der Waals surface area contributed by atoms with E-state index in [0.29, 0.717) is 19.0 Å². The van der Waals surface area contributed by atoms with Gasteiger partial charge in [0.1, 0.15) is 0 Å². The van der Waals surface area contributed by atoms with Crippen LogP contribution < -0.4 is 5.32 Å². The van der Waals surface area contributed by atoms with Crippen molar-refractivity contribution < 1.29 is 18.0 Å². The SMILES string of the molecule is C[C@H]1CCCN(CCNC(=O)c2cn(C)nc2C(F)(F)F)C1. The lowest BCUT2D eigenvalue weighted by atomic mass is 10.0. The van der Waals surface area contributed by atoms with Crippen LogP contribution in [-0.4, -0.2) is 46.8 Å². The number of aryl methyl sites for hydroxylation is 1. The van der Waals surface area contributed by atoms with Gasteiger partial charge in [0.05, 0.1) is 5.56 Å². The number of likely N-dealkylation sites (tertiary alicyclic amines) is 1. The van der Waals surface area contributed by atoms with Gasteiger partial charge in [0.2, 0.25) is 0 Å². The molecule has 1 aromatic heterocycles. The Bertz CT molecular complexity index is 527. The number of piperidine rings is 1. The highest BCUT2D eigenvalue weighted by molar-refractivity contribution is 5.95. The Morgan fingerprint density at radius 3 is 2.86 bits per heavy atom. The molecule has 1 fully saturated rings. The van der Waals surface area contributed by atoms with E-state index in [1.165, 1.54) is 13.5 Å². The summed E-state index contributed by atoms with van der Waals surface area (Å²) in [5.74, 6) is -0.106. The van der Waals surface area contributed by atoms with Crippen LogP contribution in [0.25, 0.3) is 0 Å². The normalized spacial score (nSPS) is 20.1. The molecule has 2 rings (SSSR count). The molecule has 1 amide bonds. The predicted molar refractivity (Wildman–Crippen MR) is 75.4 cm³/mol. The highest BCUT2D eigenvalue weighted by Gasteiger charge is 2.38. The number of nitrogens with one attached hydrogen (secondary N) is 1. The van der Waals surface area contributed by atoms with Gasteiger partial charge in [0, 0.05) is 32.9 Å². The van der Waals surface area contributed by atoms with Crippen LogP contribution in [0.2, 0.25) is 0 Å². The Morgan fingerprint density at radius 1 is 1.50 bits per heavy atom. The van der Waals surface area contributed by atoms with Crippen molar-refractivity contribution in [2.75, 3.05) is 26.2 Å². The first-order valence-electron chi connectivity index (χ1n) is 7.38. The fourth-order valence-electron chi connectivity index (χ4n) is 2.78. The van der Waals surface area contributed by atoms with E-state index >= 15 is 0 Å². The number of carbonyl (C=O) groups excluding carboxylic acids is 1. The van der Waals surface area contributed by atoms with Crippen LogP contribution in [-0.2, 0) is 13.2 Å². The monoisotopic (exact) mass is 318 g/mol. The maximum Gasteiger partial charge on any atom is 0.435 e. The van der Waals surface area contributed by atoms with Crippen LogP contribution in [0.4, 0.5) is 13.2 Å². The Morgan fingerprint density at radius 2 is 2.23 bits per heavy atom. The van der Waals surface area contributed by atoms with Crippen molar-refractivity contribution in [3.8, 4) is 0 Å². The van der Waals surface area contributed by atoms with Crippen molar-refractivity contribution in [3.05, 3.63) is 17.5 Å². The van der Waals surface area contributed by atoms with E-state index in [-0.39, 0.29) is 0 Å². The summed E-state index contributed by atoms with van der Waals surface area (Å²) < 4.78 is 39.4. The smallest absolute Gasteiger partial charge is 0.351 e. The molecule has 1 aliphatic rings. The number of amides is 1. The molecule has 0 radical (unpaired) electrons. The summed E-state index contributed by atoms with van der Waals surface area (Å²) in [6.07, 6.45) is -1.21. The first-order valence-corrected chi connectivity index (χ1v) is 7.38. The average Bonchev–Trinajstić information content (AvgIpc) is 2.81. The molecule has 0 aromatic carbocycles. The third-order valence-corrected chi connectivity index (χ3v) is 3.80. The summed E-state index contributed by atoms with van der Waals surface area (Å²) in [6.45, 7) is 5.10. The molecule has 2 heterocycles. The van der Waals surface area contributed by atoms with Crippen LogP contribution in [0.5, 0.6) is 0 Å². The zero-order valence-corrected chi connectivity index (χ0v) is 12.8. The minimum Gasteiger partial charge on any atom is -0.351 e. The molecule has 0 aliphatic carbocycles. The van der Waals surface area contributed by atoms with Gasteiger partial charge in [0.15, 0.2) is 5.69 Å². The number of carbonyl (C=O) groups is 1.